The SMILES string of the molecule is CCN1C(=O)/C(=C/c2cccc(O)c2)SC1=Nc1ccc(C(=O)O)c(O)c1. The van der Waals surface area contributed by atoms with Crippen LogP contribution in [0.25, 0.3) is 6.08 Å². The van der Waals surface area contributed by atoms with Gasteiger partial charge >= 0.3 is 5.97 Å². The van der Waals surface area contributed by atoms with Crippen molar-refractivity contribution in [2.24, 2.45) is 4.99 Å². The first kappa shape index (κ1) is 18.5. The van der Waals surface area contributed by atoms with Crippen molar-refractivity contribution in [3.8, 4) is 11.5 Å². The van der Waals surface area contributed by atoms with Crippen LogP contribution in [0.2, 0.25) is 0 Å². The predicted octanol–water partition coefficient (Wildman–Crippen LogP) is 3.42. The summed E-state index contributed by atoms with van der Waals surface area (Å²) in [5, 5.41) is 28.8. The van der Waals surface area contributed by atoms with Gasteiger partial charge in [0.2, 0.25) is 0 Å². The lowest BCUT2D eigenvalue weighted by molar-refractivity contribution is -0.122. The van der Waals surface area contributed by atoms with Gasteiger partial charge in [0.05, 0.1) is 10.6 Å². The van der Waals surface area contributed by atoms with E-state index in [4.69, 9.17) is 5.11 Å². The summed E-state index contributed by atoms with van der Waals surface area (Å²) in [6, 6.07) is 10.5. The van der Waals surface area contributed by atoms with Gasteiger partial charge in [0.15, 0.2) is 5.17 Å². The second-order valence-electron chi connectivity index (χ2n) is 5.66. The Labute approximate surface area is 159 Å². The molecule has 1 amide bonds. The smallest absolute Gasteiger partial charge is 0.339 e. The molecule has 138 valence electrons. The predicted molar refractivity (Wildman–Crippen MR) is 103 cm³/mol. The van der Waals surface area contributed by atoms with Crippen molar-refractivity contribution < 1.29 is 24.9 Å². The first-order chi connectivity index (χ1) is 12.9. The largest absolute Gasteiger partial charge is 0.508 e. The average Bonchev–Trinajstić information content (AvgIpc) is 2.89. The third-order valence-corrected chi connectivity index (χ3v) is 4.82. The molecule has 0 atom stereocenters. The van der Waals surface area contributed by atoms with Crippen LogP contribution >= 0.6 is 11.8 Å². The van der Waals surface area contributed by atoms with Crippen molar-refractivity contribution in [3.05, 3.63) is 58.5 Å². The van der Waals surface area contributed by atoms with Crippen molar-refractivity contribution in [2.45, 2.75) is 6.92 Å². The van der Waals surface area contributed by atoms with Crippen molar-refractivity contribution in [1.29, 1.82) is 0 Å². The maximum atomic E-state index is 12.6. The second-order valence-corrected chi connectivity index (χ2v) is 6.67. The second kappa shape index (κ2) is 7.55. The summed E-state index contributed by atoms with van der Waals surface area (Å²) < 4.78 is 0. The number of phenolic OH excluding ortho intramolecular Hbond substituents is 1. The average molecular weight is 384 g/mol. The first-order valence-electron chi connectivity index (χ1n) is 8.04. The summed E-state index contributed by atoms with van der Waals surface area (Å²) in [7, 11) is 0. The molecule has 1 fully saturated rings. The number of carbonyl (C=O) groups excluding carboxylic acids is 1. The number of thioether (sulfide) groups is 1. The van der Waals surface area contributed by atoms with Crippen LogP contribution in [0.1, 0.15) is 22.8 Å². The number of phenols is 2. The minimum absolute atomic E-state index is 0.107. The number of benzene rings is 2. The van der Waals surface area contributed by atoms with Gasteiger partial charge in [-0.15, -0.1) is 0 Å². The highest BCUT2D eigenvalue weighted by molar-refractivity contribution is 8.18. The number of amides is 1. The Morgan fingerprint density at radius 2 is 2.00 bits per heavy atom. The molecule has 1 heterocycles. The number of hydrogen-bond acceptors (Lipinski definition) is 6. The van der Waals surface area contributed by atoms with Gasteiger partial charge in [-0.05, 0) is 54.6 Å². The zero-order chi connectivity index (χ0) is 19.6. The summed E-state index contributed by atoms with van der Waals surface area (Å²) in [6.45, 7) is 2.22. The van der Waals surface area contributed by atoms with E-state index in [1.807, 2.05) is 6.92 Å². The van der Waals surface area contributed by atoms with Gasteiger partial charge in [0.1, 0.15) is 17.1 Å². The Morgan fingerprint density at radius 3 is 2.63 bits per heavy atom. The van der Waals surface area contributed by atoms with Gasteiger partial charge in [-0.2, -0.15) is 0 Å². The summed E-state index contributed by atoms with van der Waals surface area (Å²) in [5.41, 5.74) is 0.808. The molecule has 0 unspecified atom stereocenters. The molecule has 0 spiro atoms. The molecule has 0 aliphatic carbocycles. The quantitative estimate of drug-likeness (QED) is 0.697. The van der Waals surface area contributed by atoms with Crippen LogP contribution < -0.4 is 0 Å². The minimum Gasteiger partial charge on any atom is -0.508 e. The van der Waals surface area contributed by atoms with E-state index < -0.39 is 11.7 Å². The normalized spacial score (nSPS) is 17.1. The van der Waals surface area contributed by atoms with Gasteiger partial charge < -0.3 is 15.3 Å². The monoisotopic (exact) mass is 384 g/mol. The number of aliphatic imine (C=N–C) groups is 1. The molecule has 0 saturated carbocycles. The molecule has 3 rings (SSSR count). The Balaban J connectivity index is 1.94. The number of carbonyl (C=O) groups is 2. The van der Waals surface area contributed by atoms with Crippen LogP contribution in [0.4, 0.5) is 5.69 Å². The Bertz CT molecular complexity index is 984. The topological polar surface area (TPSA) is 110 Å². The first-order valence-corrected chi connectivity index (χ1v) is 8.86. The Hall–Kier alpha value is -3.26. The molecule has 1 aliphatic heterocycles. The summed E-state index contributed by atoms with van der Waals surface area (Å²) in [6.07, 6.45) is 1.67. The fourth-order valence-electron chi connectivity index (χ4n) is 2.52. The number of amidine groups is 1. The zero-order valence-corrected chi connectivity index (χ0v) is 15.1. The molecule has 0 radical (unpaired) electrons. The molecule has 2 aromatic carbocycles. The molecule has 0 bridgehead atoms. The van der Waals surface area contributed by atoms with E-state index in [9.17, 15) is 19.8 Å². The van der Waals surface area contributed by atoms with E-state index in [1.54, 1.807) is 30.3 Å². The van der Waals surface area contributed by atoms with Crippen molar-refractivity contribution >= 4 is 40.6 Å². The van der Waals surface area contributed by atoms with Crippen LogP contribution in [0.15, 0.2) is 52.4 Å². The lowest BCUT2D eigenvalue weighted by Gasteiger charge is -2.12. The Kier molecular flexibility index (Phi) is 5.18. The molecule has 1 saturated heterocycles. The zero-order valence-electron chi connectivity index (χ0n) is 14.3. The highest BCUT2D eigenvalue weighted by atomic mass is 32.2. The minimum atomic E-state index is -1.23. The fourth-order valence-corrected chi connectivity index (χ4v) is 3.58. The molecule has 7 nitrogen and oxygen atoms in total. The van der Waals surface area contributed by atoms with Gasteiger partial charge in [0.25, 0.3) is 5.91 Å². The van der Waals surface area contributed by atoms with Crippen molar-refractivity contribution in [1.82, 2.24) is 4.90 Å². The van der Waals surface area contributed by atoms with Crippen molar-refractivity contribution in [3.63, 3.8) is 0 Å². The van der Waals surface area contributed by atoms with E-state index in [2.05, 4.69) is 4.99 Å². The number of aromatic hydroxyl groups is 2. The molecule has 8 heteroatoms. The molecular formula is C19H16N2O5S. The van der Waals surface area contributed by atoms with Gasteiger partial charge in [-0.1, -0.05) is 12.1 Å². The van der Waals surface area contributed by atoms with Gasteiger partial charge in [0, 0.05) is 12.6 Å². The third-order valence-electron chi connectivity index (χ3n) is 3.81. The van der Waals surface area contributed by atoms with Crippen LogP contribution in [0, 0.1) is 0 Å². The summed E-state index contributed by atoms with van der Waals surface area (Å²) >= 11 is 1.17. The molecule has 3 N–H and O–H groups in total. The summed E-state index contributed by atoms with van der Waals surface area (Å²) in [4.78, 5) is 29.9. The lowest BCUT2D eigenvalue weighted by Crippen LogP contribution is -2.28. The van der Waals surface area contributed by atoms with Crippen molar-refractivity contribution in [2.75, 3.05) is 6.54 Å². The Morgan fingerprint density at radius 1 is 1.22 bits per heavy atom. The van der Waals surface area contributed by atoms with E-state index in [0.29, 0.717) is 27.9 Å². The van der Waals surface area contributed by atoms with Gasteiger partial charge in [-0.25, -0.2) is 9.79 Å². The maximum absolute atomic E-state index is 12.6. The molecule has 27 heavy (non-hydrogen) atoms. The number of nitrogens with zero attached hydrogens (tertiary/aromatic N) is 2. The number of aromatic carboxylic acids is 1. The highest BCUT2D eigenvalue weighted by Gasteiger charge is 2.32. The van der Waals surface area contributed by atoms with Gasteiger partial charge in [-0.3, -0.25) is 9.69 Å². The van der Waals surface area contributed by atoms with E-state index in [1.165, 1.54) is 34.9 Å². The number of hydrogen-bond donors (Lipinski definition) is 3. The highest BCUT2D eigenvalue weighted by Crippen LogP contribution is 2.35. The number of rotatable bonds is 4. The number of carboxylic acid groups (broad SMARTS) is 1. The van der Waals surface area contributed by atoms with Crippen LogP contribution in [-0.4, -0.2) is 43.8 Å². The molecule has 2 aromatic rings. The van der Waals surface area contributed by atoms with Crippen LogP contribution in [0.5, 0.6) is 11.5 Å². The fraction of sp³-hybridized carbons (Fsp3) is 0.105. The lowest BCUT2D eigenvalue weighted by atomic mass is 10.2. The molecule has 1 aliphatic rings. The third kappa shape index (κ3) is 3.95. The number of likely N-dealkylation sites (N-methyl/N-ethyl adjacent to an activating group) is 1. The molecular weight excluding hydrogens is 368 g/mol. The van der Waals surface area contributed by atoms with E-state index in [0.717, 1.165) is 0 Å². The van der Waals surface area contributed by atoms with Crippen LogP contribution in [-0.2, 0) is 4.79 Å². The van der Waals surface area contributed by atoms with Crippen LogP contribution in [0.3, 0.4) is 0 Å². The maximum Gasteiger partial charge on any atom is 0.339 e. The standard InChI is InChI=1S/C19H16N2O5S/c1-2-21-17(24)16(9-11-4-3-5-13(22)8-11)27-19(21)20-12-6-7-14(18(25)26)15(23)10-12/h3-10,22-23H,2H2,1H3,(H,25,26)/b16-9-,20-19?. The van der Waals surface area contributed by atoms with E-state index in [-0.39, 0.29) is 17.2 Å². The number of carboxylic acids is 1. The molecule has 0 aromatic heterocycles. The summed E-state index contributed by atoms with van der Waals surface area (Å²) in [5.74, 6) is -1.73. The van der Waals surface area contributed by atoms with E-state index >= 15 is 0 Å².